The second kappa shape index (κ2) is 13.1. The molecule has 0 spiro atoms. The molecule has 0 radical (unpaired) electrons. The van der Waals surface area contributed by atoms with E-state index in [2.05, 4.69) is 0 Å². The summed E-state index contributed by atoms with van der Waals surface area (Å²) < 4.78 is 0. The van der Waals surface area contributed by atoms with E-state index in [0.717, 1.165) is 17.2 Å². The van der Waals surface area contributed by atoms with Crippen LogP contribution in [0.4, 0.5) is 0 Å². The molecule has 214 valence electrons. The Hall–Kier alpha value is -5.38. The van der Waals surface area contributed by atoms with E-state index < -0.39 is 40.3 Å². The predicted octanol–water partition coefficient (Wildman–Crippen LogP) is 4.96. The molecule has 8 N–H and O–H groups in total. The summed E-state index contributed by atoms with van der Waals surface area (Å²) in [5.74, 6) is -3.98. The van der Waals surface area contributed by atoms with Crippen molar-refractivity contribution in [2.45, 2.75) is 32.6 Å². The van der Waals surface area contributed by atoms with Gasteiger partial charge in [-0.15, -0.1) is 0 Å². The first-order valence-corrected chi connectivity index (χ1v) is 12.5. The minimum atomic E-state index is -0.782. The van der Waals surface area contributed by atoms with Gasteiger partial charge in [0.05, 0.1) is 5.56 Å². The molecule has 4 rings (SSSR count). The molecular formula is C31H30O10. The first-order valence-electron chi connectivity index (χ1n) is 12.5. The Morgan fingerprint density at radius 3 is 1.80 bits per heavy atom. The van der Waals surface area contributed by atoms with Gasteiger partial charge < -0.3 is 40.9 Å². The lowest BCUT2D eigenvalue weighted by Crippen LogP contribution is -2.02. The Balaban J connectivity index is 0.000000228. The Morgan fingerprint density at radius 1 is 0.561 bits per heavy atom. The number of carbonyl (C=O) groups is 2. The third-order valence-corrected chi connectivity index (χ3v) is 6.30. The van der Waals surface area contributed by atoms with E-state index in [-0.39, 0.29) is 41.3 Å². The van der Waals surface area contributed by atoms with Crippen LogP contribution in [0.3, 0.4) is 0 Å². The summed E-state index contributed by atoms with van der Waals surface area (Å²) in [6, 6.07) is 16.5. The molecule has 0 unspecified atom stereocenters. The summed E-state index contributed by atoms with van der Waals surface area (Å²) in [4.78, 5) is 24.0. The zero-order chi connectivity index (χ0) is 30.3. The summed E-state index contributed by atoms with van der Waals surface area (Å²) in [5, 5.41) is 75.6. The first kappa shape index (κ1) is 30.2. The van der Waals surface area contributed by atoms with Crippen molar-refractivity contribution in [3.05, 3.63) is 94.5 Å². The van der Waals surface area contributed by atoms with Crippen LogP contribution >= 0.6 is 0 Å². The van der Waals surface area contributed by atoms with Gasteiger partial charge >= 0.3 is 0 Å². The number of rotatable bonds is 8. The van der Waals surface area contributed by atoms with Gasteiger partial charge in [-0.05, 0) is 72.9 Å². The smallest absolute Gasteiger partial charge is 0.201 e. The number of Topliss-reactive ketones (excluding diaryl/α,β-unsaturated/α-hetero) is 2. The topological polar surface area (TPSA) is 196 Å². The monoisotopic (exact) mass is 562 g/mol. The standard InChI is InChI=1S/C16H16O3.C15H14O7/c1-11-5-6-12(16(19)9-11)7-8-15(18)13-3-2-4-14(17)10-13;16-9(8-3-6-11(18)15(22)13(8)20)4-1-7-2-5-10(17)14(21)12(7)19/h2-6,9-10,17,19H,7-8H2,1H3;2-3,5-6,17-22H,1,4H2. The van der Waals surface area contributed by atoms with Gasteiger partial charge in [0, 0.05) is 18.4 Å². The van der Waals surface area contributed by atoms with Crippen LogP contribution in [0.15, 0.2) is 66.7 Å². The molecule has 0 heterocycles. The summed E-state index contributed by atoms with van der Waals surface area (Å²) >= 11 is 0. The van der Waals surface area contributed by atoms with Crippen molar-refractivity contribution in [2.75, 3.05) is 0 Å². The van der Waals surface area contributed by atoms with Crippen LogP contribution in [-0.2, 0) is 12.8 Å². The normalized spacial score (nSPS) is 10.5. The van der Waals surface area contributed by atoms with Gasteiger partial charge in [0.1, 0.15) is 11.5 Å². The predicted molar refractivity (Wildman–Crippen MR) is 149 cm³/mol. The number of aryl methyl sites for hydroxylation is 3. The molecule has 10 nitrogen and oxygen atoms in total. The molecule has 4 aromatic carbocycles. The number of hydrogen-bond acceptors (Lipinski definition) is 10. The van der Waals surface area contributed by atoms with Crippen molar-refractivity contribution in [1.29, 1.82) is 0 Å². The van der Waals surface area contributed by atoms with Crippen LogP contribution in [0, 0.1) is 6.92 Å². The van der Waals surface area contributed by atoms with Crippen molar-refractivity contribution in [1.82, 2.24) is 0 Å². The maximum Gasteiger partial charge on any atom is 0.201 e. The van der Waals surface area contributed by atoms with E-state index in [0.29, 0.717) is 18.4 Å². The highest BCUT2D eigenvalue weighted by Gasteiger charge is 2.18. The van der Waals surface area contributed by atoms with Gasteiger partial charge in [0.15, 0.2) is 34.6 Å². The quantitative estimate of drug-likeness (QED) is 0.107. The number of benzene rings is 4. The van der Waals surface area contributed by atoms with Crippen molar-refractivity contribution < 1.29 is 50.4 Å². The summed E-state index contributed by atoms with van der Waals surface area (Å²) in [5.41, 5.74) is 2.31. The molecule has 0 aliphatic carbocycles. The fraction of sp³-hybridized carbons (Fsp3) is 0.161. The van der Waals surface area contributed by atoms with E-state index in [9.17, 15) is 50.4 Å². The van der Waals surface area contributed by atoms with E-state index in [4.69, 9.17) is 0 Å². The van der Waals surface area contributed by atoms with Crippen molar-refractivity contribution in [3.8, 4) is 46.0 Å². The lowest BCUT2D eigenvalue weighted by Gasteiger charge is -2.09. The molecule has 0 saturated heterocycles. The van der Waals surface area contributed by atoms with Crippen LogP contribution in [0.1, 0.15) is 50.2 Å². The lowest BCUT2D eigenvalue weighted by molar-refractivity contribution is 0.0972. The fourth-order valence-electron chi connectivity index (χ4n) is 3.95. The lowest BCUT2D eigenvalue weighted by atomic mass is 10.0. The SMILES string of the molecule is Cc1ccc(CCC(=O)c2cccc(O)c2)c(O)c1.O=C(CCc1ccc(O)c(O)c1O)c1ccc(O)c(O)c1O. The van der Waals surface area contributed by atoms with E-state index in [1.165, 1.54) is 30.3 Å². The molecule has 0 aliphatic rings. The van der Waals surface area contributed by atoms with Gasteiger partial charge in [-0.1, -0.05) is 30.3 Å². The molecule has 0 fully saturated rings. The van der Waals surface area contributed by atoms with Crippen LogP contribution in [-0.4, -0.2) is 52.4 Å². The van der Waals surface area contributed by atoms with Crippen LogP contribution in [0.2, 0.25) is 0 Å². The van der Waals surface area contributed by atoms with Crippen molar-refractivity contribution in [2.24, 2.45) is 0 Å². The first-order chi connectivity index (χ1) is 19.4. The molecular weight excluding hydrogens is 532 g/mol. The minimum absolute atomic E-state index is 0.0413. The zero-order valence-corrected chi connectivity index (χ0v) is 22.1. The Morgan fingerprint density at radius 2 is 1.15 bits per heavy atom. The number of phenols is 8. The molecule has 41 heavy (non-hydrogen) atoms. The average Bonchev–Trinajstić information content (AvgIpc) is 2.94. The van der Waals surface area contributed by atoms with E-state index in [1.807, 2.05) is 19.1 Å². The average molecular weight is 563 g/mol. The highest BCUT2D eigenvalue weighted by atomic mass is 16.3. The number of aromatic hydroxyl groups is 8. The summed E-state index contributed by atoms with van der Waals surface area (Å²) in [7, 11) is 0. The second-order valence-electron chi connectivity index (χ2n) is 9.30. The molecule has 0 aromatic heterocycles. The third kappa shape index (κ3) is 7.60. The van der Waals surface area contributed by atoms with Gasteiger partial charge in [-0.3, -0.25) is 9.59 Å². The van der Waals surface area contributed by atoms with Crippen LogP contribution in [0.5, 0.6) is 46.0 Å². The Labute approximate surface area is 235 Å². The minimum Gasteiger partial charge on any atom is -0.508 e. The molecule has 0 amide bonds. The van der Waals surface area contributed by atoms with Gasteiger partial charge in [0.25, 0.3) is 0 Å². The highest BCUT2D eigenvalue weighted by Crippen LogP contribution is 2.39. The summed E-state index contributed by atoms with van der Waals surface area (Å²) in [6.07, 6.45) is 0.704. The molecule has 0 atom stereocenters. The molecule has 0 aliphatic heterocycles. The van der Waals surface area contributed by atoms with Crippen molar-refractivity contribution in [3.63, 3.8) is 0 Å². The zero-order valence-electron chi connectivity index (χ0n) is 22.1. The highest BCUT2D eigenvalue weighted by molar-refractivity contribution is 6.00. The van der Waals surface area contributed by atoms with Crippen LogP contribution in [0.25, 0.3) is 0 Å². The van der Waals surface area contributed by atoms with Crippen molar-refractivity contribution >= 4 is 11.6 Å². The molecule has 0 bridgehead atoms. The van der Waals surface area contributed by atoms with Gasteiger partial charge in [-0.2, -0.15) is 0 Å². The number of phenolic OH excluding ortho intramolecular Hbond substituents is 8. The van der Waals surface area contributed by atoms with Crippen LogP contribution < -0.4 is 0 Å². The number of hydrogen-bond donors (Lipinski definition) is 8. The third-order valence-electron chi connectivity index (χ3n) is 6.30. The van der Waals surface area contributed by atoms with E-state index in [1.54, 1.807) is 18.2 Å². The van der Waals surface area contributed by atoms with Gasteiger partial charge in [-0.25, -0.2) is 0 Å². The van der Waals surface area contributed by atoms with Gasteiger partial charge in [0.2, 0.25) is 11.5 Å². The van der Waals surface area contributed by atoms with E-state index >= 15 is 0 Å². The summed E-state index contributed by atoms with van der Waals surface area (Å²) in [6.45, 7) is 1.90. The molecule has 0 saturated carbocycles. The maximum absolute atomic E-state index is 12.0. The fourth-order valence-corrected chi connectivity index (χ4v) is 3.95. The number of ketones is 2. The molecule has 4 aromatic rings. The Kier molecular flexibility index (Phi) is 9.65. The largest absolute Gasteiger partial charge is 0.508 e. The maximum atomic E-state index is 12.0. The Bertz CT molecular complexity index is 1580. The number of carbonyl (C=O) groups excluding carboxylic acids is 2. The molecule has 10 heteroatoms. The second-order valence-corrected chi connectivity index (χ2v) is 9.30.